The molecule has 10 N–H and O–H groups in total. The normalized spacial score (nSPS) is 27.0. The van der Waals surface area contributed by atoms with E-state index in [4.69, 9.17) is 51.1 Å². The van der Waals surface area contributed by atoms with Crippen LogP contribution in [0, 0.1) is 0 Å². The number of carbonyl (C=O) groups excluding carboxylic acids is 2. The molecular weight excluding hydrogens is 951 g/mol. The number of nitrogens with one attached hydrogen (secondary N) is 2. The smallest absolute Gasteiger partial charge is 0.394 e. The van der Waals surface area contributed by atoms with Gasteiger partial charge in [-0.25, -0.2) is 9.36 Å². The summed E-state index contributed by atoms with van der Waals surface area (Å²) in [7, 11) is -4.23. The number of urea groups is 1. The van der Waals surface area contributed by atoms with Gasteiger partial charge in [-0.2, -0.15) is 26.3 Å². The zero-order chi connectivity index (χ0) is 49.7. The number of nitrogens with zero attached hydrogens (tertiary/aromatic N) is 1. The summed E-state index contributed by atoms with van der Waals surface area (Å²) in [6.07, 6.45) is -16.3. The number of hydrogen-bond donors (Lipinski definition) is 8. The molecule has 2 aromatic carbocycles. The van der Waals surface area contributed by atoms with Gasteiger partial charge < -0.3 is 61.3 Å². The molecule has 11 unspecified atom stereocenters. The SMILES string of the molecule is CCCCCCCCCCCCOP(=O)(O)OC1OC(C(N)=O)C(OC)C(NC(=O)Nc2ccc(Cl)c(C(F)(F)F)c2)C1OC1OC(CO)C(O)C(O)C1N=C(N)c1cccc(C(F)(F)F)c1. The molecule has 26 heteroatoms. The van der Waals surface area contributed by atoms with Crippen molar-refractivity contribution in [3.8, 4) is 0 Å². The minimum absolute atomic E-state index is 0.307. The fourth-order valence-corrected chi connectivity index (χ4v) is 8.45. The maximum atomic E-state index is 13.7. The average molecular weight is 1010 g/mol. The minimum atomic E-state index is -5.25. The third kappa shape index (κ3) is 16.2. The van der Waals surface area contributed by atoms with Crippen LogP contribution in [0.5, 0.6) is 0 Å². The Labute approximate surface area is 387 Å². The molecular formula is C41H57ClF6N5O13P. The molecule has 2 aromatic rings. The highest BCUT2D eigenvalue weighted by atomic mass is 35.5. The molecule has 0 aromatic heterocycles. The first-order valence-electron chi connectivity index (χ1n) is 21.4. The number of rotatable bonds is 23. The Balaban J connectivity index is 1.71. The van der Waals surface area contributed by atoms with E-state index in [0.717, 1.165) is 82.4 Å². The Morgan fingerprint density at radius 3 is 2.10 bits per heavy atom. The summed E-state index contributed by atoms with van der Waals surface area (Å²) in [6, 6.07) is 0.797. The molecule has 0 spiro atoms. The zero-order valence-electron chi connectivity index (χ0n) is 36.5. The standard InChI is InChI=1S/C41H57ClF6N5O13P/c1-3-4-5-6-7-8-9-10-11-12-18-62-67(59,60)66-38-33(29(32(61-2)34(65-38)36(50)57)53-39(58)51-24-16-17-26(42)25(20-24)41(46,47)48)64-37-28(31(56)30(55)27(21-54)63-37)52-35(49)22-14-13-15-23(19-22)40(43,44)45/h13-17,19-20,27-34,37-38,54-56H,3-12,18,21H2,1-2H3,(H2,49,52)(H2,50,57)(H,59,60)(H2,51,53,58). The summed E-state index contributed by atoms with van der Waals surface area (Å²) in [5.41, 5.74) is 8.52. The Bertz CT molecular complexity index is 2010. The number of halogens is 7. The van der Waals surface area contributed by atoms with Gasteiger partial charge in [0.05, 0.1) is 35.4 Å². The van der Waals surface area contributed by atoms with Gasteiger partial charge in [-0.15, -0.1) is 0 Å². The largest absolute Gasteiger partial charge is 0.474 e. The highest BCUT2D eigenvalue weighted by Crippen LogP contribution is 2.48. The van der Waals surface area contributed by atoms with E-state index in [-0.39, 0.29) is 12.2 Å². The predicted octanol–water partition coefficient (Wildman–Crippen LogP) is 5.75. The van der Waals surface area contributed by atoms with Gasteiger partial charge >= 0.3 is 26.2 Å². The minimum Gasteiger partial charge on any atom is -0.394 e. The third-order valence-electron chi connectivity index (χ3n) is 10.8. The van der Waals surface area contributed by atoms with Crippen molar-refractivity contribution in [1.82, 2.24) is 5.32 Å². The number of phosphoric ester groups is 1. The number of amidine groups is 1. The summed E-state index contributed by atoms with van der Waals surface area (Å²) in [4.78, 5) is 41.6. The summed E-state index contributed by atoms with van der Waals surface area (Å²) in [5.74, 6) is -1.95. The second-order valence-electron chi connectivity index (χ2n) is 15.8. The van der Waals surface area contributed by atoms with Gasteiger partial charge in [0.2, 0.25) is 5.91 Å². The van der Waals surface area contributed by atoms with Crippen molar-refractivity contribution in [2.75, 3.05) is 25.6 Å². The van der Waals surface area contributed by atoms with Gasteiger partial charge in [-0.3, -0.25) is 18.8 Å². The Morgan fingerprint density at radius 2 is 1.52 bits per heavy atom. The van der Waals surface area contributed by atoms with Crippen molar-refractivity contribution in [2.24, 2.45) is 16.5 Å². The molecule has 0 bridgehead atoms. The van der Waals surface area contributed by atoms with Gasteiger partial charge in [0.1, 0.15) is 42.4 Å². The van der Waals surface area contributed by atoms with Crippen LogP contribution in [0.25, 0.3) is 0 Å². The maximum Gasteiger partial charge on any atom is 0.474 e. The second kappa shape index (κ2) is 25.3. The van der Waals surface area contributed by atoms with Crippen LogP contribution in [-0.4, -0.2) is 120 Å². The zero-order valence-corrected chi connectivity index (χ0v) is 38.1. The lowest BCUT2D eigenvalue weighted by molar-refractivity contribution is -0.324. The molecule has 2 aliphatic heterocycles. The van der Waals surface area contributed by atoms with Crippen LogP contribution in [0.2, 0.25) is 5.02 Å². The van der Waals surface area contributed by atoms with Crippen molar-refractivity contribution in [3.63, 3.8) is 0 Å². The maximum absolute atomic E-state index is 13.7. The summed E-state index contributed by atoms with van der Waals surface area (Å²) in [5, 5.41) is 36.0. The molecule has 378 valence electrons. The van der Waals surface area contributed by atoms with E-state index in [0.29, 0.717) is 25.0 Å². The number of amides is 3. The molecule has 2 fully saturated rings. The van der Waals surface area contributed by atoms with Crippen LogP contribution < -0.4 is 22.1 Å². The number of ether oxygens (including phenoxy) is 4. The Morgan fingerprint density at radius 1 is 0.881 bits per heavy atom. The molecule has 11 atom stereocenters. The fraction of sp³-hybridized carbons (Fsp3) is 0.634. The van der Waals surface area contributed by atoms with E-state index in [1.807, 2.05) is 0 Å². The topological polar surface area (TPSA) is 276 Å². The van der Waals surface area contributed by atoms with Crippen LogP contribution in [0.15, 0.2) is 47.5 Å². The number of aliphatic hydroxyl groups is 3. The molecule has 3 amide bonds. The van der Waals surface area contributed by atoms with E-state index in [1.54, 1.807) is 0 Å². The van der Waals surface area contributed by atoms with Crippen molar-refractivity contribution < 1.29 is 88.7 Å². The van der Waals surface area contributed by atoms with E-state index < -0.39 is 128 Å². The molecule has 2 heterocycles. The van der Waals surface area contributed by atoms with Crippen molar-refractivity contribution >= 4 is 42.9 Å². The first kappa shape index (κ1) is 55.9. The highest BCUT2D eigenvalue weighted by molar-refractivity contribution is 7.47. The lowest BCUT2D eigenvalue weighted by Gasteiger charge is -2.48. The molecule has 67 heavy (non-hydrogen) atoms. The number of unbranched alkanes of at least 4 members (excludes halogenated alkanes) is 9. The van der Waals surface area contributed by atoms with Gasteiger partial charge in [-0.1, -0.05) is 88.4 Å². The molecule has 2 saturated heterocycles. The van der Waals surface area contributed by atoms with Gasteiger partial charge in [-0.05, 0) is 36.8 Å². The monoisotopic (exact) mass is 1010 g/mol. The number of alkyl halides is 6. The number of methoxy groups -OCH3 is 1. The average Bonchev–Trinajstić information content (AvgIpc) is 3.25. The van der Waals surface area contributed by atoms with Crippen molar-refractivity contribution in [3.05, 3.63) is 64.2 Å². The van der Waals surface area contributed by atoms with Crippen LogP contribution in [0.3, 0.4) is 0 Å². The van der Waals surface area contributed by atoms with Crippen LogP contribution in [0.4, 0.5) is 36.8 Å². The van der Waals surface area contributed by atoms with Gasteiger partial charge in [0.15, 0.2) is 18.7 Å². The number of nitrogens with two attached hydrogens (primary N) is 2. The second-order valence-corrected chi connectivity index (χ2v) is 17.6. The Kier molecular flexibility index (Phi) is 21.1. The molecule has 0 saturated carbocycles. The van der Waals surface area contributed by atoms with E-state index in [9.17, 15) is 60.7 Å². The fourth-order valence-electron chi connectivity index (χ4n) is 7.37. The molecule has 0 radical (unpaired) electrons. The predicted molar refractivity (Wildman–Crippen MR) is 228 cm³/mol. The number of phosphoric acid groups is 1. The van der Waals surface area contributed by atoms with Crippen molar-refractivity contribution in [1.29, 1.82) is 0 Å². The summed E-state index contributed by atoms with van der Waals surface area (Å²) in [6.45, 7) is 0.823. The molecule has 4 rings (SSSR count). The third-order valence-corrected chi connectivity index (χ3v) is 12.2. The number of aliphatic hydroxyl groups excluding tert-OH is 3. The lowest BCUT2D eigenvalue weighted by atomic mass is 9.94. The number of hydrogen-bond acceptors (Lipinski definition) is 13. The van der Waals surface area contributed by atoms with E-state index in [1.165, 1.54) is 6.42 Å². The summed E-state index contributed by atoms with van der Waals surface area (Å²) < 4.78 is 129. The van der Waals surface area contributed by atoms with E-state index in [2.05, 4.69) is 22.5 Å². The molecule has 18 nitrogen and oxygen atoms in total. The quantitative estimate of drug-likeness (QED) is 0.0217. The number of benzene rings is 2. The number of anilines is 1. The van der Waals surface area contributed by atoms with Crippen LogP contribution in [0.1, 0.15) is 87.8 Å². The van der Waals surface area contributed by atoms with Gasteiger partial charge in [0.25, 0.3) is 0 Å². The Hall–Kier alpha value is -3.65. The van der Waals surface area contributed by atoms with Crippen LogP contribution in [-0.2, 0) is 49.7 Å². The lowest BCUT2D eigenvalue weighted by Crippen LogP contribution is -2.69. The molecule has 0 aliphatic carbocycles. The first-order valence-corrected chi connectivity index (χ1v) is 23.2. The highest BCUT2D eigenvalue weighted by Gasteiger charge is 2.55. The van der Waals surface area contributed by atoms with Gasteiger partial charge in [0, 0.05) is 18.4 Å². The summed E-state index contributed by atoms with van der Waals surface area (Å²) >= 11 is 5.73. The van der Waals surface area contributed by atoms with E-state index >= 15 is 0 Å². The van der Waals surface area contributed by atoms with Crippen LogP contribution >= 0.6 is 19.4 Å². The van der Waals surface area contributed by atoms with Crippen molar-refractivity contribution in [2.45, 2.75) is 145 Å². The number of primary amides is 1. The number of carbonyl (C=O) groups is 2. The number of aliphatic imine (C=N–C) groups is 1. The molecule has 2 aliphatic rings. The first-order chi connectivity index (χ1) is 31.5.